The van der Waals surface area contributed by atoms with Gasteiger partial charge in [0.05, 0.1) is 17.6 Å². The van der Waals surface area contributed by atoms with Crippen molar-refractivity contribution in [2.75, 3.05) is 6.61 Å². The predicted octanol–water partition coefficient (Wildman–Crippen LogP) is 4.18. The van der Waals surface area contributed by atoms with Gasteiger partial charge in [-0.15, -0.1) is 0 Å². The van der Waals surface area contributed by atoms with Crippen LogP contribution < -0.4 is 4.74 Å². The molecule has 1 unspecified atom stereocenters. The number of hydrogen-bond acceptors (Lipinski definition) is 3. The van der Waals surface area contributed by atoms with E-state index >= 15 is 0 Å². The summed E-state index contributed by atoms with van der Waals surface area (Å²) in [7, 11) is 0. The lowest BCUT2D eigenvalue weighted by Gasteiger charge is -2.12. The molecule has 1 atom stereocenters. The van der Waals surface area contributed by atoms with Crippen molar-refractivity contribution < 1.29 is 9.84 Å². The number of fused-ring (bicyclic) bond motifs is 1. The number of para-hydroxylation sites is 1. The number of nitrogens with zero attached hydrogens (tertiary/aromatic N) is 2. The molecule has 126 valence electrons. The van der Waals surface area contributed by atoms with Crippen LogP contribution in [0, 0.1) is 13.8 Å². The first kappa shape index (κ1) is 16.5. The average Bonchev–Trinajstić information content (AvgIpc) is 2.91. The van der Waals surface area contributed by atoms with Gasteiger partial charge < -0.3 is 14.4 Å². The second-order valence-electron chi connectivity index (χ2n) is 6.24. The maximum atomic E-state index is 10.1. The van der Waals surface area contributed by atoms with Crippen molar-refractivity contribution in [1.82, 2.24) is 9.55 Å². The van der Waals surface area contributed by atoms with Crippen molar-refractivity contribution in [3.63, 3.8) is 0 Å². The fourth-order valence-electron chi connectivity index (χ4n) is 2.88. The van der Waals surface area contributed by atoms with E-state index in [-0.39, 0.29) is 0 Å². The second kappa shape index (κ2) is 7.05. The Labute approximate surface area is 142 Å². The number of aliphatic hydroxyl groups excluding tert-OH is 1. The van der Waals surface area contributed by atoms with E-state index in [4.69, 9.17) is 4.74 Å². The molecular weight excluding hydrogens is 300 g/mol. The summed E-state index contributed by atoms with van der Waals surface area (Å²) in [5.41, 5.74) is 4.48. The Morgan fingerprint density at radius 1 is 1.12 bits per heavy atom. The Morgan fingerprint density at radius 2 is 1.83 bits per heavy atom. The van der Waals surface area contributed by atoms with Gasteiger partial charge in [0.2, 0.25) is 0 Å². The number of ether oxygens (including phenoxy) is 1. The van der Waals surface area contributed by atoms with Crippen LogP contribution in [0.25, 0.3) is 11.0 Å². The first-order valence-electron chi connectivity index (χ1n) is 8.39. The highest BCUT2D eigenvalue weighted by molar-refractivity contribution is 5.78. The summed E-state index contributed by atoms with van der Waals surface area (Å²) in [6, 6.07) is 14.1. The summed E-state index contributed by atoms with van der Waals surface area (Å²) < 4.78 is 7.88. The van der Waals surface area contributed by atoms with Crippen molar-refractivity contribution in [3.05, 3.63) is 59.4 Å². The highest BCUT2D eigenvalue weighted by atomic mass is 16.5. The zero-order valence-corrected chi connectivity index (χ0v) is 14.5. The van der Waals surface area contributed by atoms with Gasteiger partial charge in [-0.1, -0.05) is 18.2 Å². The molecule has 0 bridgehead atoms. The third-order valence-corrected chi connectivity index (χ3v) is 4.30. The molecule has 3 aromatic rings. The van der Waals surface area contributed by atoms with Crippen LogP contribution in [0.2, 0.25) is 0 Å². The number of aliphatic hydroxyl groups is 1. The molecule has 0 spiro atoms. The van der Waals surface area contributed by atoms with E-state index in [1.54, 1.807) is 6.92 Å². The number of aryl methyl sites for hydroxylation is 3. The van der Waals surface area contributed by atoms with Crippen LogP contribution in [0.5, 0.6) is 5.75 Å². The average molecular weight is 324 g/mol. The van der Waals surface area contributed by atoms with Crippen LogP contribution >= 0.6 is 0 Å². The smallest absolute Gasteiger partial charge is 0.138 e. The molecule has 1 heterocycles. The zero-order chi connectivity index (χ0) is 17.1. The Hall–Kier alpha value is -2.33. The molecule has 4 heteroatoms. The molecule has 0 aliphatic carbocycles. The number of benzene rings is 2. The summed E-state index contributed by atoms with van der Waals surface area (Å²) in [6.07, 6.45) is 0.264. The molecule has 0 radical (unpaired) electrons. The van der Waals surface area contributed by atoms with E-state index in [2.05, 4.69) is 35.5 Å². The molecule has 2 aromatic carbocycles. The summed E-state index contributed by atoms with van der Waals surface area (Å²) in [5, 5.41) is 10.1. The highest BCUT2D eigenvalue weighted by Crippen LogP contribution is 2.24. The van der Waals surface area contributed by atoms with Crippen molar-refractivity contribution in [2.45, 2.75) is 39.8 Å². The van der Waals surface area contributed by atoms with Gasteiger partial charge in [0.25, 0.3) is 0 Å². The molecule has 0 saturated heterocycles. The highest BCUT2D eigenvalue weighted by Gasteiger charge is 2.15. The van der Waals surface area contributed by atoms with Gasteiger partial charge in [-0.25, -0.2) is 4.98 Å². The molecule has 0 aliphatic rings. The minimum Gasteiger partial charge on any atom is -0.494 e. The van der Waals surface area contributed by atoms with Crippen LogP contribution in [0.1, 0.15) is 36.4 Å². The zero-order valence-electron chi connectivity index (χ0n) is 14.5. The van der Waals surface area contributed by atoms with Crippen LogP contribution in [0.3, 0.4) is 0 Å². The molecule has 4 nitrogen and oxygen atoms in total. The summed E-state index contributed by atoms with van der Waals surface area (Å²) >= 11 is 0. The largest absolute Gasteiger partial charge is 0.494 e. The van der Waals surface area contributed by atoms with Gasteiger partial charge in [0, 0.05) is 6.54 Å². The monoisotopic (exact) mass is 324 g/mol. The second-order valence-corrected chi connectivity index (χ2v) is 6.24. The Kier molecular flexibility index (Phi) is 4.86. The summed E-state index contributed by atoms with van der Waals surface area (Å²) in [5.74, 6) is 1.60. The first-order chi connectivity index (χ1) is 11.6. The van der Waals surface area contributed by atoms with Crippen molar-refractivity contribution >= 4 is 11.0 Å². The van der Waals surface area contributed by atoms with E-state index in [0.717, 1.165) is 35.6 Å². The molecule has 1 aromatic heterocycles. The van der Waals surface area contributed by atoms with Crippen molar-refractivity contribution in [3.8, 4) is 5.75 Å². The van der Waals surface area contributed by atoms with Crippen LogP contribution in [-0.2, 0) is 6.54 Å². The van der Waals surface area contributed by atoms with Crippen LogP contribution in [0.4, 0.5) is 0 Å². The standard InChI is InChI=1S/C20H24N2O2/c1-14-12-18-19(13-15(14)2)22(20(21-18)16(3)23)10-7-11-24-17-8-5-4-6-9-17/h4-6,8-9,12-13,16,23H,7,10-11H2,1-3H3. The molecule has 24 heavy (non-hydrogen) atoms. The van der Waals surface area contributed by atoms with E-state index < -0.39 is 6.10 Å². The van der Waals surface area contributed by atoms with Gasteiger partial charge in [0.1, 0.15) is 17.7 Å². The van der Waals surface area contributed by atoms with Crippen molar-refractivity contribution in [2.24, 2.45) is 0 Å². The summed E-state index contributed by atoms with van der Waals surface area (Å²) in [4.78, 5) is 4.62. The van der Waals surface area contributed by atoms with Crippen LogP contribution in [-0.4, -0.2) is 21.3 Å². The van der Waals surface area contributed by atoms with E-state index in [0.29, 0.717) is 6.61 Å². The number of rotatable bonds is 6. The Morgan fingerprint density at radius 3 is 2.54 bits per heavy atom. The number of aromatic nitrogens is 2. The normalized spacial score (nSPS) is 12.5. The molecule has 0 amide bonds. The third kappa shape index (κ3) is 3.44. The third-order valence-electron chi connectivity index (χ3n) is 4.30. The molecule has 0 aliphatic heterocycles. The van der Waals surface area contributed by atoms with E-state index in [9.17, 15) is 5.11 Å². The molecule has 1 N–H and O–H groups in total. The van der Waals surface area contributed by atoms with Gasteiger partial charge in [-0.05, 0) is 62.6 Å². The fourth-order valence-corrected chi connectivity index (χ4v) is 2.88. The maximum Gasteiger partial charge on any atom is 0.138 e. The SMILES string of the molecule is Cc1cc2nc(C(C)O)n(CCCOc3ccccc3)c2cc1C. The predicted molar refractivity (Wildman–Crippen MR) is 96.4 cm³/mol. The maximum absolute atomic E-state index is 10.1. The minimum atomic E-state index is -0.590. The summed E-state index contributed by atoms with van der Waals surface area (Å²) in [6.45, 7) is 7.36. The number of imidazole rings is 1. The molecule has 0 fully saturated rings. The number of hydrogen-bond donors (Lipinski definition) is 1. The Bertz CT molecular complexity index is 823. The molecular formula is C20H24N2O2. The van der Waals surface area contributed by atoms with Crippen molar-refractivity contribution in [1.29, 1.82) is 0 Å². The quantitative estimate of drug-likeness (QED) is 0.692. The molecule has 0 saturated carbocycles. The lowest BCUT2D eigenvalue weighted by atomic mass is 10.1. The minimum absolute atomic E-state index is 0.590. The first-order valence-corrected chi connectivity index (χ1v) is 8.39. The molecule has 3 rings (SSSR count). The topological polar surface area (TPSA) is 47.3 Å². The van der Waals surface area contributed by atoms with Gasteiger partial charge in [0.15, 0.2) is 0 Å². The Balaban J connectivity index is 1.77. The lowest BCUT2D eigenvalue weighted by molar-refractivity contribution is 0.183. The fraction of sp³-hybridized carbons (Fsp3) is 0.350. The van der Waals surface area contributed by atoms with E-state index in [1.807, 2.05) is 30.3 Å². The van der Waals surface area contributed by atoms with Gasteiger partial charge in [-0.2, -0.15) is 0 Å². The van der Waals surface area contributed by atoms with E-state index in [1.165, 1.54) is 11.1 Å². The van der Waals surface area contributed by atoms with Gasteiger partial charge >= 0.3 is 0 Å². The van der Waals surface area contributed by atoms with Gasteiger partial charge in [-0.3, -0.25) is 0 Å². The lowest BCUT2D eigenvalue weighted by Crippen LogP contribution is -2.10. The van der Waals surface area contributed by atoms with Crippen LogP contribution in [0.15, 0.2) is 42.5 Å².